The molecule has 0 spiro atoms. The Morgan fingerprint density at radius 2 is 1.69 bits per heavy atom. The molecule has 0 saturated carbocycles. The molecule has 3 rings (SSSR count). The van der Waals surface area contributed by atoms with Crippen LogP contribution in [0.3, 0.4) is 0 Å². The Labute approximate surface area is 239 Å². The minimum absolute atomic E-state index is 0.0149. The van der Waals surface area contributed by atoms with Crippen molar-refractivity contribution in [3.05, 3.63) is 88.4 Å². The molecular formula is C28H31Cl2N3O5S. The lowest BCUT2D eigenvalue weighted by Crippen LogP contribution is -2.52. The third-order valence-corrected chi connectivity index (χ3v) is 8.32. The standard InChI is InChI=1S/C28H31Cl2N3O5S/c1-4-25(28(35)31-5-2)32(18-20-10-9-11-22(16-20)38-3)27(34)19-33(26-15-14-21(29)17-24(26)30)39(36,37)23-12-7-6-8-13-23/h6-17,25H,4-5,18-19H2,1-3H3,(H,31,35)/t25-/m1/s1. The molecule has 0 heterocycles. The van der Waals surface area contributed by atoms with E-state index < -0.39 is 28.5 Å². The molecule has 39 heavy (non-hydrogen) atoms. The molecule has 0 aliphatic rings. The summed E-state index contributed by atoms with van der Waals surface area (Å²) in [6, 6.07) is 18.4. The Balaban J connectivity index is 2.09. The van der Waals surface area contributed by atoms with Gasteiger partial charge in [0, 0.05) is 18.1 Å². The Hall–Kier alpha value is -3.27. The number of nitrogens with zero attached hydrogens (tertiary/aromatic N) is 2. The molecule has 0 aromatic heterocycles. The number of methoxy groups -OCH3 is 1. The van der Waals surface area contributed by atoms with Gasteiger partial charge in [0.2, 0.25) is 11.8 Å². The highest BCUT2D eigenvalue weighted by molar-refractivity contribution is 7.92. The third-order valence-electron chi connectivity index (χ3n) is 6.01. The van der Waals surface area contributed by atoms with Gasteiger partial charge in [-0.2, -0.15) is 0 Å². The molecule has 0 aliphatic heterocycles. The van der Waals surface area contributed by atoms with Crippen LogP contribution in [0, 0.1) is 0 Å². The molecule has 11 heteroatoms. The van der Waals surface area contributed by atoms with Gasteiger partial charge in [0.15, 0.2) is 0 Å². The van der Waals surface area contributed by atoms with Crippen LogP contribution in [0.1, 0.15) is 25.8 Å². The van der Waals surface area contributed by atoms with Gasteiger partial charge in [-0.05, 0) is 61.4 Å². The van der Waals surface area contributed by atoms with Gasteiger partial charge in [-0.15, -0.1) is 0 Å². The van der Waals surface area contributed by atoms with Crippen molar-refractivity contribution in [1.29, 1.82) is 0 Å². The number of ether oxygens (including phenoxy) is 1. The highest BCUT2D eigenvalue weighted by Crippen LogP contribution is 2.33. The molecule has 3 aromatic carbocycles. The summed E-state index contributed by atoms with van der Waals surface area (Å²) in [5.41, 5.74) is 0.804. The maximum atomic E-state index is 14.0. The van der Waals surface area contributed by atoms with E-state index in [1.807, 2.05) is 6.07 Å². The first kappa shape index (κ1) is 30.3. The number of carbonyl (C=O) groups excluding carboxylic acids is 2. The Bertz CT molecular complexity index is 1400. The fourth-order valence-electron chi connectivity index (χ4n) is 4.10. The minimum Gasteiger partial charge on any atom is -0.497 e. The lowest BCUT2D eigenvalue weighted by molar-refractivity contribution is -0.140. The van der Waals surface area contributed by atoms with Gasteiger partial charge in [-0.1, -0.05) is 60.5 Å². The monoisotopic (exact) mass is 591 g/mol. The van der Waals surface area contributed by atoms with Crippen molar-refractivity contribution < 1.29 is 22.7 Å². The van der Waals surface area contributed by atoms with Crippen LogP contribution >= 0.6 is 23.2 Å². The lowest BCUT2D eigenvalue weighted by atomic mass is 10.1. The van der Waals surface area contributed by atoms with Crippen LogP contribution in [0.25, 0.3) is 0 Å². The van der Waals surface area contributed by atoms with Crippen molar-refractivity contribution >= 4 is 50.7 Å². The Morgan fingerprint density at radius 3 is 2.31 bits per heavy atom. The minimum atomic E-state index is -4.23. The van der Waals surface area contributed by atoms with E-state index in [-0.39, 0.29) is 28.1 Å². The van der Waals surface area contributed by atoms with E-state index in [0.29, 0.717) is 29.3 Å². The number of likely N-dealkylation sites (N-methyl/N-ethyl adjacent to an activating group) is 1. The predicted molar refractivity (Wildman–Crippen MR) is 154 cm³/mol. The molecule has 1 N–H and O–H groups in total. The summed E-state index contributed by atoms with van der Waals surface area (Å²) in [4.78, 5) is 28.4. The van der Waals surface area contributed by atoms with E-state index in [0.717, 1.165) is 4.31 Å². The number of halogens is 2. The predicted octanol–water partition coefficient (Wildman–Crippen LogP) is 5.14. The van der Waals surface area contributed by atoms with Crippen molar-refractivity contribution in [3.63, 3.8) is 0 Å². The quantitative estimate of drug-likeness (QED) is 0.314. The molecule has 0 saturated heterocycles. The molecule has 0 fully saturated rings. The van der Waals surface area contributed by atoms with Gasteiger partial charge < -0.3 is 15.0 Å². The summed E-state index contributed by atoms with van der Waals surface area (Å²) in [6.45, 7) is 3.42. The topological polar surface area (TPSA) is 96.0 Å². The summed E-state index contributed by atoms with van der Waals surface area (Å²) in [6.07, 6.45) is 0.314. The van der Waals surface area contributed by atoms with Crippen LogP contribution in [-0.2, 0) is 26.2 Å². The Kier molecular flexibility index (Phi) is 10.6. The van der Waals surface area contributed by atoms with Crippen LogP contribution in [0.4, 0.5) is 5.69 Å². The van der Waals surface area contributed by atoms with Crippen LogP contribution < -0.4 is 14.4 Å². The number of rotatable bonds is 12. The number of carbonyl (C=O) groups is 2. The van der Waals surface area contributed by atoms with Crippen LogP contribution in [0.15, 0.2) is 77.7 Å². The molecular weight excluding hydrogens is 561 g/mol. The van der Waals surface area contributed by atoms with E-state index in [9.17, 15) is 18.0 Å². The molecule has 0 bridgehead atoms. The molecule has 0 radical (unpaired) electrons. The molecule has 0 aliphatic carbocycles. The van der Waals surface area contributed by atoms with Crippen molar-refractivity contribution in [2.75, 3.05) is 24.5 Å². The Morgan fingerprint density at radius 1 is 0.974 bits per heavy atom. The van der Waals surface area contributed by atoms with Gasteiger partial charge in [0.25, 0.3) is 10.0 Å². The molecule has 3 aromatic rings. The highest BCUT2D eigenvalue weighted by atomic mass is 35.5. The third kappa shape index (κ3) is 7.44. The van der Waals surface area contributed by atoms with Crippen LogP contribution in [-0.4, -0.2) is 51.4 Å². The van der Waals surface area contributed by atoms with Crippen LogP contribution in [0.5, 0.6) is 5.75 Å². The SMILES string of the molecule is CCNC(=O)[C@@H](CC)N(Cc1cccc(OC)c1)C(=O)CN(c1ccc(Cl)cc1Cl)S(=O)(=O)c1ccccc1. The molecule has 2 amide bonds. The van der Waals surface area contributed by atoms with Crippen LogP contribution in [0.2, 0.25) is 10.0 Å². The second-order valence-corrected chi connectivity index (χ2v) is 11.3. The van der Waals surface area contributed by atoms with Gasteiger partial charge in [0.05, 0.1) is 22.7 Å². The number of sulfonamides is 1. The van der Waals surface area contributed by atoms with E-state index in [1.165, 1.54) is 42.3 Å². The summed E-state index contributed by atoms with van der Waals surface area (Å²) < 4.78 is 33.9. The number of amides is 2. The van der Waals surface area contributed by atoms with Crippen molar-refractivity contribution in [2.24, 2.45) is 0 Å². The summed E-state index contributed by atoms with van der Waals surface area (Å²) >= 11 is 12.5. The molecule has 0 unspecified atom stereocenters. The van der Waals surface area contributed by atoms with E-state index in [4.69, 9.17) is 27.9 Å². The van der Waals surface area contributed by atoms with E-state index in [2.05, 4.69) is 5.32 Å². The zero-order chi connectivity index (χ0) is 28.6. The number of benzene rings is 3. The smallest absolute Gasteiger partial charge is 0.264 e. The first-order valence-electron chi connectivity index (χ1n) is 12.3. The van der Waals surface area contributed by atoms with Gasteiger partial charge in [0.1, 0.15) is 18.3 Å². The second kappa shape index (κ2) is 13.7. The molecule has 1 atom stereocenters. The zero-order valence-corrected chi connectivity index (χ0v) is 24.3. The summed E-state index contributed by atoms with van der Waals surface area (Å²) in [7, 11) is -2.69. The largest absolute Gasteiger partial charge is 0.497 e. The summed E-state index contributed by atoms with van der Waals surface area (Å²) in [5, 5.41) is 3.15. The fourth-order valence-corrected chi connectivity index (χ4v) is 6.11. The number of anilines is 1. The van der Waals surface area contributed by atoms with E-state index >= 15 is 0 Å². The van der Waals surface area contributed by atoms with Crippen molar-refractivity contribution in [2.45, 2.75) is 37.8 Å². The normalized spacial score (nSPS) is 11.9. The second-order valence-electron chi connectivity index (χ2n) is 8.61. The number of hydrogen-bond donors (Lipinski definition) is 1. The maximum Gasteiger partial charge on any atom is 0.264 e. The average Bonchev–Trinajstić information content (AvgIpc) is 2.92. The summed E-state index contributed by atoms with van der Waals surface area (Å²) in [5.74, 6) is -0.327. The van der Waals surface area contributed by atoms with Gasteiger partial charge in [-0.25, -0.2) is 8.42 Å². The van der Waals surface area contributed by atoms with Crippen molar-refractivity contribution in [3.8, 4) is 5.75 Å². The zero-order valence-electron chi connectivity index (χ0n) is 21.9. The van der Waals surface area contributed by atoms with E-state index in [1.54, 1.807) is 50.2 Å². The van der Waals surface area contributed by atoms with Gasteiger partial charge in [-0.3, -0.25) is 13.9 Å². The molecule has 208 valence electrons. The number of hydrogen-bond acceptors (Lipinski definition) is 5. The first-order chi connectivity index (χ1) is 18.6. The first-order valence-corrected chi connectivity index (χ1v) is 14.5. The molecule has 8 nitrogen and oxygen atoms in total. The average molecular weight is 593 g/mol. The number of nitrogens with one attached hydrogen (secondary N) is 1. The van der Waals surface area contributed by atoms with Gasteiger partial charge >= 0.3 is 0 Å². The highest BCUT2D eigenvalue weighted by Gasteiger charge is 2.34. The maximum absolute atomic E-state index is 14.0. The fraction of sp³-hybridized carbons (Fsp3) is 0.286. The lowest BCUT2D eigenvalue weighted by Gasteiger charge is -2.33. The van der Waals surface area contributed by atoms with Crippen molar-refractivity contribution in [1.82, 2.24) is 10.2 Å².